The first kappa shape index (κ1) is 17.8. The molecule has 0 spiro atoms. The van der Waals surface area contributed by atoms with E-state index in [-0.39, 0.29) is 5.91 Å². The summed E-state index contributed by atoms with van der Waals surface area (Å²) in [7, 11) is 0. The van der Waals surface area contributed by atoms with Crippen molar-refractivity contribution in [2.24, 2.45) is 0 Å². The second-order valence-electron chi connectivity index (χ2n) is 7.27. The Morgan fingerprint density at radius 3 is 2.79 bits per heavy atom. The second kappa shape index (κ2) is 7.64. The highest BCUT2D eigenvalue weighted by atomic mass is 32.1. The zero-order chi connectivity index (χ0) is 19.6. The molecule has 1 fully saturated rings. The van der Waals surface area contributed by atoms with Crippen LogP contribution in [0.5, 0.6) is 0 Å². The summed E-state index contributed by atoms with van der Waals surface area (Å²) in [6, 6.07) is 16.9. The van der Waals surface area contributed by atoms with Gasteiger partial charge < -0.3 is 10.6 Å². The fourth-order valence-corrected chi connectivity index (χ4v) is 3.95. The molecule has 5 nitrogen and oxygen atoms in total. The third-order valence-corrected chi connectivity index (χ3v) is 5.73. The van der Waals surface area contributed by atoms with Crippen LogP contribution in [0.2, 0.25) is 0 Å². The van der Waals surface area contributed by atoms with Gasteiger partial charge in [-0.1, -0.05) is 24.3 Å². The first-order valence-electron chi connectivity index (χ1n) is 9.67. The molecule has 0 radical (unpaired) electrons. The van der Waals surface area contributed by atoms with Crippen molar-refractivity contribution < 1.29 is 4.79 Å². The van der Waals surface area contributed by atoms with Crippen LogP contribution in [-0.4, -0.2) is 21.9 Å². The molecule has 0 saturated heterocycles. The highest BCUT2D eigenvalue weighted by Crippen LogP contribution is 2.30. The predicted octanol–water partition coefficient (Wildman–Crippen LogP) is 4.86. The zero-order valence-electron chi connectivity index (χ0n) is 15.8. The smallest absolute Gasteiger partial charge is 0.252 e. The van der Waals surface area contributed by atoms with E-state index in [1.54, 1.807) is 6.33 Å². The Morgan fingerprint density at radius 1 is 1.07 bits per heavy atom. The zero-order valence-corrected chi connectivity index (χ0v) is 16.6. The summed E-state index contributed by atoms with van der Waals surface area (Å²) in [5.74, 6) is 0.855. The number of hydrogen-bond donors (Lipinski definition) is 2. The summed E-state index contributed by atoms with van der Waals surface area (Å²) in [5.41, 5.74) is 4.92. The van der Waals surface area contributed by atoms with Crippen LogP contribution >= 0.6 is 11.3 Å². The largest absolute Gasteiger partial charge is 0.367 e. The molecule has 2 N–H and O–H groups in total. The van der Waals surface area contributed by atoms with Gasteiger partial charge in [0.15, 0.2) is 0 Å². The fraction of sp³-hybridized carbons (Fsp3) is 0.174. The average Bonchev–Trinajstić information content (AvgIpc) is 3.40. The lowest BCUT2D eigenvalue weighted by molar-refractivity contribution is 0.0951. The summed E-state index contributed by atoms with van der Waals surface area (Å²) in [5, 5.41) is 11.3. The molecular formula is C23H20N4OS. The number of thiophene rings is 1. The van der Waals surface area contributed by atoms with Crippen molar-refractivity contribution in [2.45, 2.75) is 25.4 Å². The van der Waals surface area contributed by atoms with Crippen molar-refractivity contribution in [1.82, 2.24) is 15.3 Å². The van der Waals surface area contributed by atoms with Gasteiger partial charge in [0.25, 0.3) is 5.91 Å². The number of anilines is 1. The molecule has 0 bridgehead atoms. The molecule has 2 heterocycles. The van der Waals surface area contributed by atoms with Crippen LogP contribution in [0.25, 0.3) is 22.0 Å². The van der Waals surface area contributed by atoms with Crippen LogP contribution in [-0.2, 0) is 6.54 Å². The minimum atomic E-state index is -0.0460. The van der Waals surface area contributed by atoms with E-state index in [2.05, 4.69) is 44.9 Å². The lowest BCUT2D eigenvalue weighted by Gasteiger charge is -2.10. The number of carbonyl (C=O) groups excluding carboxylic acids is 1. The lowest BCUT2D eigenvalue weighted by Crippen LogP contribution is -2.22. The van der Waals surface area contributed by atoms with E-state index in [0.29, 0.717) is 18.2 Å². The molecule has 144 valence electrons. The van der Waals surface area contributed by atoms with Gasteiger partial charge in [0.2, 0.25) is 0 Å². The number of nitrogens with zero attached hydrogens (tertiary/aromatic N) is 2. The molecule has 1 saturated carbocycles. The van der Waals surface area contributed by atoms with Gasteiger partial charge in [0, 0.05) is 28.9 Å². The van der Waals surface area contributed by atoms with Crippen LogP contribution in [0.1, 0.15) is 28.8 Å². The quantitative estimate of drug-likeness (QED) is 0.485. The van der Waals surface area contributed by atoms with Crippen LogP contribution < -0.4 is 10.6 Å². The van der Waals surface area contributed by atoms with Gasteiger partial charge in [-0.3, -0.25) is 4.79 Å². The Bertz CT molecular complexity index is 1170. The van der Waals surface area contributed by atoms with Crippen LogP contribution in [0.3, 0.4) is 0 Å². The van der Waals surface area contributed by atoms with Crippen LogP contribution in [0.4, 0.5) is 5.82 Å². The maximum absolute atomic E-state index is 12.2. The molecule has 4 aromatic rings. The number of hydrogen-bond acceptors (Lipinski definition) is 5. The molecule has 6 heteroatoms. The van der Waals surface area contributed by atoms with E-state index in [0.717, 1.165) is 33.4 Å². The van der Waals surface area contributed by atoms with Crippen molar-refractivity contribution in [3.05, 3.63) is 76.7 Å². The number of nitrogens with one attached hydrogen (secondary N) is 2. The first-order chi connectivity index (χ1) is 14.3. The van der Waals surface area contributed by atoms with E-state index in [4.69, 9.17) is 0 Å². The molecule has 2 aromatic heterocycles. The second-order valence-corrected chi connectivity index (χ2v) is 8.05. The SMILES string of the molecule is O=C(NCc1cccc(-c2ccc3ncnc(NC4CC4)c3c2)c1)c1ccsc1. The Kier molecular flexibility index (Phi) is 4.69. The summed E-state index contributed by atoms with van der Waals surface area (Å²) in [6.45, 7) is 0.494. The number of aromatic nitrogens is 2. The Morgan fingerprint density at radius 2 is 1.97 bits per heavy atom. The molecule has 29 heavy (non-hydrogen) atoms. The van der Waals surface area contributed by atoms with E-state index >= 15 is 0 Å². The van der Waals surface area contributed by atoms with Gasteiger partial charge in [-0.25, -0.2) is 9.97 Å². The summed E-state index contributed by atoms with van der Waals surface area (Å²) >= 11 is 1.52. The van der Waals surface area contributed by atoms with Crippen molar-refractivity contribution in [2.75, 3.05) is 5.32 Å². The first-order valence-corrected chi connectivity index (χ1v) is 10.6. The van der Waals surface area contributed by atoms with Crippen molar-refractivity contribution >= 4 is 34.0 Å². The topological polar surface area (TPSA) is 66.9 Å². The van der Waals surface area contributed by atoms with Gasteiger partial charge in [-0.2, -0.15) is 11.3 Å². The number of carbonyl (C=O) groups is 1. The molecule has 2 aromatic carbocycles. The van der Waals surface area contributed by atoms with Crippen molar-refractivity contribution in [3.8, 4) is 11.1 Å². The number of amides is 1. The average molecular weight is 401 g/mol. The van der Waals surface area contributed by atoms with E-state index < -0.39 is 0 Å². The van der Waals surface area contributed by atoms with Gasteiger partial charge in [0.1, 0.15) is 12.1 Å². The molecule has 1 aliphatic carbocycles. The Labute approximate surface area is 172 Å². The molecule has 1 amide bonds. The van der Waals surface area contributed by atoms with Gasteiger partial charge >= 0.3 is 0 Å². The normalized spacial score (nSPS) is 13.4. The number of benzene rings is 2. The molecule has 0 aliphatic heterocycles. The van der Waals surface area contributed by atoms with Crippen LogP contribution in [0.15, 0.2) is 65.6 Å². The predicted molar refractivity (Wildman–Crippen MR) is 117 cm³/mol. The third kappa shape index (κ3) is 3.98. The minimum Gasteiger partial charge on any atom is -0.367 e. The number of rotatable bonds is 6. The summed E-state index contributed by atoms with van der Waals surface area (Å²) < 4.78 is 0. The highest BCUT2D eigenvalue weighted by molar-refractivity contribution is 7.08. The summed E-state index contributed by atoms with van der Waals surface area (Å²) in [6.07, 6.45) is 4.01. The van der Waals surface area contributed by atoms with E-state index in [1.165, 1.54) is 24.2 Å². The Hall–Kier alpha value is -3.25. The molecule has 5 rings (SSSR count). The molecule has 0 atom stereocenters. The Balaban J connectivity index is 1.39. The van der Waals surface area contributed by atoms with Crippen LogP contribution in [0, 0.1) is 0 Å². The molecular weight excluding hydrogens is 380 g/mol. The monoisotopic (exact) mass is 400 g/mol. The van der Waals surface area contributed by atoms with Crippen molar-refractivity contribution in [3.63, 3.8) is 0 Å². The van der Waals surface area contributed by atoms with Gasteiger partial charge in [-0.05, 0) is 59.2 Å². The minimum absolute atomic E-state index is 0.0460. The summed E-state index contributed by atoms with van der Waals surface area (Å²) in [4.78, 5) is 21.0. The van der Waals surface area contributed by atoms with E-state index in [1.807, 2.05) is 35.0 Å². The van der Waals surface area contributed by atoms with Gasteiger partial charge in [0.05, 0.1) is 5.52 Å². The number of fused-ring (bicyclic) bond motifs is 1. The maximum atomic E-state index is 12.2. The standard InChI is InChI=1S/C23H20N4OS/c28-23(18-8-9-29-13-18)24-12-15-2-1-3-16(10-15)17-4-7-21-20(11-17)22(26-14-25-21)27-19-5-6-19/h1-4,7-11,13-14,19H,5-6,12H2,(H,24,28)(H,25,26,27). The lowest BCUT2D eigenvalue weighted by atomic mass is 10.0. The van der Waals surface area contributed by atoms with Crippen molar-refractivity contribution in [1.29, 1.82) is 0 Å². The molecule has 1 aliphatic rings. The van der Waals surface area contributed by atoms with Gasteiger partial charge in [-0.15, -0.1) is 0 Å². The van der Waals surface area contributed by atoms with E-state index in [9.17, 15) is 4.79 Å². The third-order valence-electron chi connectivity index (χ3n) is 5.05. The fourth-order valence-electron chi connectivity index (χ4n) is 3.31. The maximum Gasteiger partial charge on any atom is 0.252 e. The molecule has 0 unspecified atom stereocenters. The highest BCUT2D eigenvalue weighted by Gasteiger charge is 2.22.